The summed E-state index contributed by atoms with van der Waals surface area (Å²) in [5.41, 5.74) is 3.56. The predicted molar refractivity (Wildman–Crippen MR) is 242 cm³/mol. The molecule has 3 atom stereocenters. The zero-order valence-corrected chi connectivity index (χ0v) is 38.1. The van der Waals surface area contributed by atoms with Gasteiger partial charge < -0.3 is 28.8 Å². The zero-order chi connectivity index (χ0) is 46.4. The normalized spacial score (nSPS) is 19.9. The van der Waals surface area contributed by atoms with Crippen molar-refractivity contribution in [3.8, 4) is 28.7 Å². The van der Waals surface area contributed by atoms with Crippen molar-refractivity contribution in [2.75, 3.05) is 33.5 Å². The molecule has 1 aliphatic carbocycles. The van der Waals surface area contributed by atoms with Gasteiger partial charge in [-0.1, -0.05) is 18.1 Å². The van der Waals surface area contributed by atoms with Gasteiger partial charge in [-0.2, -0.15) is 5.10 Å². The van der Waals surface area contributed by atoms with E-state index in [0.717, 1.165) is 23.7 Å². The highest BCUT2D eigenvalue weighted by Crippen LogP contribution is 2.56. The molecule has 4 aromatic heterocycles. The van der Waals surface area contributed by atoms with E-state index in [2.05, 4.69) is 35.3 Å². The van der Waals surface area contributed by atoms with E-state index in [4.69, 9.17) is 23.8 Å². The van der Waals surface area contributed by atoms with Gasteiger partial charge in [0.05, 0.1) is 36.8 Å². The van der Waals surface area contributed by atoms with E-state index in [9.17, 15) is 14.7 Å². The summed E-state index contributed by atoms with van der Waals surface area (Å²) >= 11 is 0. The third kappa shape index (κ3) is 6.98. The summed E-state index contributed by atoms with van der Waals surface area (Å²) in [4.78, 5) is 47.3. The number of benzene rings is 3. The van der Waals surface area contributed by atoms with Crippen molar-refractivity contribution in [2.45, 2.75) is 90.3 Å². The molecule has 6 heterocycles. The number of hydrogen-bond acceptors (Lipinski definition) is 10. The Balaban J connectivity index is 1.10. The molecule has 10 rings (SSSR count). The largest absolute Gasteiger partial charge is 0.493 e. The molecular weight excluding hydrogens is 848 g/mol. The first-order valence-corrected chi connectivity index (χ1v) is 22.4. The number of aliphatic hydroxyl groups excluding tert-OH is 1. The molecule has 17 heteroatoms. The lowest BCUT2D eigenvalue weighted by Gasteiger charge is -2.34. The smallest absolute Gasteiger partial charge is 0.438 e. The number of imidazole rings is 1. The summed E-state index contributed by atoms with van der Waals surface area (Å²) in [6.45, 7) is 12.4. The van der Waals surface area contributed by atoms with Crippen LogP contribution in [0.15, 0.2) is 81.1 Å². The number of hydrogen-bond donors (Lipinski definition) is 2. The van der Waals surface area contributed by atoms with Crippen LogP contribution in [0.1, 0.15) is 103 Å². The van der Waals surface area contributed by atoms with Crippen LogP contribution in [0.4, 0.5) is 4.39 Å². The first kappa shape index (κ1) is 43.2. The van der Waals surface area contributed by atoms with Crippen LogP contribution in [0.3, 0.4) is 0 Å². The summed E-state index contributed by atoms with van der Waals surface area (Å²) in [5.74, 6) is 0.642. The highest BCUT2D eigenvalue weighted by molar-refractivity contribution is 6.00. The molecule has 66 heavy (non-hydrogen) atoms. The van der Waals surface area contributed by atoms with Crippen molar-refractivity contribution < 1.29 is 33.0 Å². The number of aromatic amines is 1. The van der Waals surface area contributed by atoms with Crippen LogP contribution in [0.5, 0.6) is 11.5 Å². The highest BCUT2D eigenvalue weighted by Gasteiger charge is 2.59. The average molecular weight is 901 g/mol. The molecule has 1 saturated carbocycles. The van der Waals surface area contributed by atoms with E-state index in [0.29, 0.717) is 101 Å². The fourth-order valence-electron chi connectivity index (χ4n) is 10.2. The van der Waals surface area contributed by atoms with E-state index in [1.165, 1.54) is 21.8 Å². The second kappa shape index (κ2) is 16.0. The first-order chi connectivity index (χ1) is 31.6. The van der Waals surface area contributed by atoms with Gasteiger partial charge in [-0.05, 0) is 125 Å². The highest BCUT2D eigenvalue weighted by atomic mass is 19.1. The fraction of sp³-hybridized carbons (Fsp3) is 0.408. The summed E-state index contributed by atoms with van der Waals surface area (Å²) in [6, 6.07) is 16.2. The molecule has 1 amide bonds. The van der Waals surface area contributed by atoms with Gasteiger partial charge in [0.2, 0.25) is 0 Å². The Morgan fingerprint density at radius 1 is 0.985 bits per heavy atom. The molecule has 0 bridgehead atoms. The lowest BCUT2D eigenvalue weighted by Crippen LogP contribution is -2.41. The molecule has 2 fully saturated rings. The number of aromatic nitrogens is 7. The molecule has 2 N–H and O–H groups in total. The van der Waals surface area contributed by atoms with E-state index in [1.807, 2.05) is 22.5 Å². The Morgan fingerprint density at radius 2 is 1.71 bits per heavy atom. The Morgan fingerprint density at radius 3 is 2.38 bits per heavy atom. The average Bonchev–Trinajstić information content (AvgIpc) is 3.81. The van der Waals surface area contributed by atoms with Gasteiger partial charge in [-0.3, -0.25) is 23.4 Å². The molecule has 16 nitrogen and oxygen atoms in total. The number of aryl methyl sites for hydroxylation is 2. The number of carbonyl (C=O) groups excluding carboxylic acids is 1. The van der Waals surface area contributed by atoms with Crippen LogP contribution in [0, 0.1) is 25.6 Å². The monoisotopic (exact) mass is 900 g/mol. The number of carbonyl (C=O) groups is 1. The molecule has 1 unspecified atom stereocenters. The van der Waals surface area contributed by atoms with Gasteiger partial charge in [0.1, 0.15) is 28.5 Å². The van der Waals surface area contributed by atoms with E-state index < -0.39 is 28.6 Å². The van der Waals surface area contributed by atoms with Crippen molar-refractivity contribution in [1.29, 1.82) is 0 Å². The number of rotatable bonds is 11. The van der Waals surface area contributed by atoms with Gasteiger partial charge in [0.25, 0.3) is 5.91 Å². The molecule has 3 aliphatic rings. The summed E-state index contributed by atoms with van der Waals surface area (Å²) in [6.07, 6.45) is 6.11. The number of amides is 1. The second-order valence-electron chi connectivity index (χ2n) is 18.6. The van der Waals surface area contributed by atoms with Gasteiger partial charge in [0.15, 0.2) is 17.3 Å². The summed E-state index contributed by atoms with van der Waals surface area (Å²) in [7, 11) is 1.50. The van der Waals surface area contributed by atoms with Crippen LogP contribution in [0.25, 0.3) is 28.1 Å². The number of halogens is 1. The number of aliphatic hydroxyl groups is 1. The zero-order valence-electron chi connectivity index (χ0n) is 38.1. The fourth-order valence-corrected chi connectivity index (χ4v) is 10.2. The van der Waals surface area contributed by atoms with Gasteiger partial charge in [0, 0.05) is 61.1 Å². The number of nitrogens with zero attached hydrogens (tertiary/aromatic N) is 7. The van der Waals surface area contributed by atoms with Gasteiger partial charge >= 0.3 is 11.4 Å². The van der Waals surface area contributed by atoms with E-state index in [1.54, 1.807) is 75.1 Å². The minimum Gasteiger partial charge on any atom is -0.493 e. The number of methoxy groups -OCH3 is 1. The molecule has 1 saturated heterocycles. The molecular formula is C49H53FN8O8. The topological polar surface area (TPSA) is 177 Å². The SMILES string of the molecule is COc1cc(-n2ccn(-c3c4c(nn3-c3cc(C)c(F)c(C)c3)CCN(C(=O)c3cc5cc(C6CCOCC6)ccc5n3[C@@]3(c5noc(=O)[nH]5)C[C@@H]3C)C4C)c2=O)ccc1OC(C)(C)CO. The third-order valence-corrected chi connectivity index (χ3v) is 13.8. The molecule has 7 aromatic rings. The maximum absolute atomic E-state index is 15.5. The number of H-pyrrole nitrogens is 1. The van der Waals surface area contributed by atoms with Crippen molar-refractivity contribution in [3.63, 3.8) is 0 Å². The predicted octanol–water partition coefficient (Wildman–Crippen LogP) is 6.80. The van der Waals surface area contributed by atoms with Crippen molar-refractivity contribution in [1.82, 2.24) is 38.5 Å². The van der Waals surface area contributed by atoms with Crippen molar-refractivity contribution in [2.24, 2.45) is 5.92 Å². The van der Waals surface area contributed by atoms with Crippen molar-refractivity contribution in [3.05, 3.63) is 133 Å². The summed E-state index contributed by atoms with van der Waals surface area (Å²) in [5, 5.41) is 20.0. The minimum absolute atomic E-state index is 0.0143. The number of ether oxygens (including phenoxy) is 3. The van der Waals surface area contributed by atoms with Crippen LogP contribution in [-0.4, -0.2) is 88.6 Å². The van der Waals surface area contributed by atoms with Gasteiger partial charge in [-0.25, -0.2) is 18.7 Å². The van der Waals surface area contributed by atoms with Crippen LogP contribution >= 0.6 is 0 Å². The van der Waals surface area contributed by atoms with Crippen LogP contribution in [-0.2, 0) is 16.7 Å². The molecule has 0 radical (unpaired) electrons. The first-order valence-electron chi connectivity index (χ1n) is 22.4. The Bertz CT molecular complexity index is 3140. The maximum atomic E-state index is 15.5. The van der Waals surface area contributed by atoms with Crippen LogP contribution in [0.2, 0.25) is 0 Å². The van der Waals surface area contributed by atoms with Crippen molar-refractivity contribution >= 4 is 16.8 Å². The molecule has 0 spiro atoms. The Hall–Kier alpha value is -6.72. The molecule has 344 valence electrons. The van der Waals surface area contributed by atoms with E-state index in [-0.39, 0.29) is 24.2 Å². The Kier molecular flexibility index (Phi) is 10.5. The minimum atomic E-state index is -0.880. The van der Waals surface area contributed by atoms with E-state index >= 15 is 9.18 Å². The standard InChI is InChI=1S/C49H53FN8O8/c1-27-20-35(21-28(2)42(27)50)58-43(56-17-16-55(47(56)62)34-9-11-39(40(24-34)63-7)65-48(5,6)26-59)41-30(4)54(15-12-36(41)52-58)44(60)38-23-33-22-32(31-13-18-64-19-14-31)8-10-37(33)57(38)49(25-29(49)3)45-51-46(61)66-53-45/h8-11,16-17,20-24,29-31,59H,12-15,18-19,25-26H2,1-7H3,(H,51,53,61)/t29-,30?,49-/m0/s1. The van der Waals surface area contributed by atoms with Crippen LogP contribution < -0.4 is 20.9 Å². The molecule has 3 aromatic carbocycles. The maximum Gasteiger partial charge on any atom is 0.438 e. The third-order valence-electron chi connectivity index (χ3n) is 13.8. The molecule has 2 aliphatic heterocycles. The quantitative estimate of drug-likeness (QED) is 0.141. The van der Waals surface area contributed by atoms with Gasteiger partial charge in [-0.15, -0.1) is 0 Å². The lowest BCUT2D eigenvalue weighted by molar-refractivity contribution is 0.0390. The summed E-state index contributed by atoms with van der Waals surface area (Å²) < 4.78 is 44.2. The second-order valence-corrected chi connectivity index (χ2v) is 18.6. The Labute approximate surface area is 379 Å². The number of nitrogens with one attached hydrogen (secondary N) is 1. The lowest BCUT2D eigenvalue weighted by atomic mass is 9.91. The number of fused-ring (bicyclic) bond motifs is 2.